The Morgan fingerprint density at radius 1 is 1.36 bits per heavy atom. The third-order valence-corrected chi connectivity index (χ3v) is 3.38. The van der Waals surface area contributed by atoms with E-state index in [4.69, 9.17) is 5.11 Å². The van der Waals surface area contributed by atoms with E-state index >= 15 is 0 Å². The summed E-state index contributed by atoms with van der Waals surface area (Å²) in [5, 5.41) is 8.76. The summed E-state index contributed by atoms with van der Waals surface area (Å²) in [6, 6.07) is 0.601. The molecule has 0 aliphatic carbocycles. The van der Waals surface area contributed by atoms with Gasteiger partial charge in [0.2, 0.25) is 0 Å². The van der Waals surface area contributed by atoms with Gasteiger partial charge in [0, 0.05) is 25.7 Å². The van der Waals surface area contributed by atoms with Crippen LogP contribution in [0.2, 0.25) is 0 Å². The lowest BCUT2D eigenvalue weighted by atomic mass is 9.94. The summed E-state index contributed by atoms with van der Waals surface area (Å²) >= 11 is 0. The summed E-state index contributed by atoms with van der Waals surface area (Å²) in [6.07, 6.45) is 2.48. The van der Waals surface area contributed by atoms with Gasteiger partial charge in [0.25, 0.3) is 0 Å². The predicted octanol–water partition coefficient (Wildman–Crippen LogP) is 0.0970. The number of hydrogen-bond donors (Lipinski definition) is 1. The van der Waals surface area contributed by atoms with E-state index in [1.807, 2.05) is 0 Å². The van der Waals surface area contributed by atoms with Gasteiger partial charge in [0.05, 0.1) is 5.92 Å². The van der Waals surface area contributed by atoms with Gasteiger partial charge in [-0.1, -0.05) is 0 Å². The molecule has 14 heavy (non-hydrogen) atoms. The van der Waals surface area contributed by atoms with E-state index in [9.17, 15) is 4.79 Å². The number of carboxylic acid groups (broad SMARTS) is 1. The van der Waals surface area contributed by atoms with Crippen molar-refractivity contribution < 1.29 is 9.90 Å². The Bertz CT molecular complexity index is 226. The molecule has 2 aliphatic heterocycles. The third-order valence-electron chi connectivity index (χ3n) is 3.38. The van der Waals surface area contributed by atoms with Crippen molar-refractivity contribution in [3.63, 3.8) is 0 Å². The van der Waals surface area contributed by atoms with Crippen LogP contribution in [0.15, 0.2) is 0 Å². The van der Waals surface area contributed by atoms with Crippen LogP contribution < -0.4 is 0 Å². The summed E-state index contributed by atoms with van der Waals surface area (Å²) in [7, 11) is 2.14. The van der Waals surface area contributed by atoms with Crippen molar-refractivity contribution in [1.29, 1.82) is 0 Å². The molecule has 0 aromatic rings. The molecule has 0 bridgehead atoms. The highest BCUT2D eigenvalue weighted by Gasteiger charge is 2.37. The highest BCUT2D eigenvalue weighted by atomic mass is 16.4. The van der Waals surface area contributed by atoms with Gasteiger partial charge in [-0.15, -0.1) is 0 Å². The van der Waals surface area contributed by atoms with Crippen LogP contribution >= 0.6 is 0 Å². The molecule has 2 heterocycles. The summed E-state index contributed by atoms with van der Waals surface area (Å²) < 4.78 is 0. The van der Waals surface area contributed by atoms with Crippen LogP contribution in [0.25, 0.3) is 0 Å². The standard InChI is InChI=1S/C10H18N2O2/c1-11-4-2-3-9(7-11)12-5-8(6-12)10(13)14/h8-9H,2-7H2,1H3,(H,13,14). The van der Waals surface area contributed by atoms with Crippen molar-refractivity contribution in [3.05, 3.63) is 0 Å². The van der Waals surface area contributed by atoms with Crippen molar-refractivity contribution >= 4 is 5.97 Å². The molecule has 2 rings (SSSR count). The molecular weight excluding hydrogens is 180 g/mol. The number of hydrogen-bond acceptors (Lipinski definition) is 3. The summed E-state index contributed by atoms with van der Waals surface area (Å²) in [4.78, 5) is 15.3. The van der Waals surface area contributed by atoms with E-state index < -0.39 is 5.97 Å². The Morgan fingerprint density at radius 3 is 2.64 bits per heavy atom. The van der Waals surface area contributed by atoms with Gasteiger partial charge in [-0.25, -0.2) is 0 Å². The average molecular weight is 198 g/mol. The fourth-order valence-electron chi connectivity index (χ4n) is 2.40. The second kappa shape index (κ2) is 3.87. The SMILES string of the molecule is CN1CCCC(N2CC(C(=O)O)C2)C1. The van der Waals surface area contributed by atoms with E-state index in [1.54, 1.807) is 0 Å². The topological polar surface area (TPSA) is 43.8 Å². The number of nitrogens with zero attached hydrogens (tertiary/aromatic N) is 2. The molecule has 4 heteroatoms. The van der Waals surface area contributed by atoms with Gasteiger partial charge in [0.15, 0.2) is 0 Å². The van der Waals surface area contributed by atoms with E-state index in [-0.39, 0.29) is 5.92 Å². The third kappa shape index (κ3) is 1.91. The number of likely N-dealkylation sites (N-methyl/N-ethyl adjacent to an activating group) is 1. The van der Waals surface area contributed by atoms with Crippen LogP contribution in [-0.4, -0.2) is 60.1 Å². The summed E-state index contributed by atoms with van der Waals surface area (Å²) in [5.41, 5.74) is 0. The number of piperidine rings is 1. The minimum Gasteiger partial charge on any atom is -0.481 e. The first-order valence-corrected chi connectivity index (χ1v) is 5.32. The monoisotopic (exact) mass is 198 g/mol. The molecule has 1 N–H and O–H groups in total. The highest BCUT2D eigenvalue weighted by molar-refractivity contribution is 5.71. The zero-order valence-corrected chi connectivity index (χ0v) is 8.65. The fourth-order valence-corrected chi connectivity index (χ4v) is 2.40. The Labute approximate surface area is 84.5 Å². The Kier molecular flexibility index (Phi) is 2.74. The van der Waals surface area contributed by atoms with E-state index in [1.165, 1.54) is 19.4 Å². The molecule has 1 unspecified atom stereocenters. The normalized spacial score (nSPS) is 31.4. The van der Waals surface area contributed by atoms with Crippen LogP contribution in [0.1, 0.15) is 12.8 Å². The maximum absolute atomic E-state index is 10.6. The highest BCUT2D eigenvalue weighted by Crippen LogP contribution is 2.23. The lowest BCUT2D eigenvalue weighted by Crippen LogP contribution is -2.58. The predicted molar refractivity (Wildman–Crippen MR) is 53.2 cm³/mol. The van der Waals surface area contributed by atoms with Crippen LogP contribution in [0.3, 0.4) is 0 Å². The van der Waals surface area contributed by atoms with Crippen molar-refractivity contribution in [2.24, 2.45) is 5.92 Å². The second-order valence-electron chi connectivity index (χ2n) is 4.55. The van der Waals surface area contributed by atoms with Crippen LogP contribution in [0.5, 0.6) is 0 Å². The molecule has 0 aromatic carbocycles. The number of likely N-dealkylation sites (tertiary alicyclic amines) is 2. The molecule has 0 radical (unpaired) electrons. The molecule has 2 aliphatic rings. The molecule has 2 saturated heterocycles. The number of rotatable bonds is 2. The zero-order valence-electron chi connectivity index (χ0n) is 8.65. The van der Waals surface area contributed by atoms with Crippen molar-refractivity contribution in [1.82, 2.24) is 9.80 Å². The fraction of sp³-hybridized carbons (Fsp3) is 0.900. The lowest BCUT2D eigenvalue weighted by molar-refractivity contribution is -0.149. The minimum absolute atomic E-state index is 0.109. The number of carbonyl (C=O) groups is 1. The van der Waals surface area contributed by atoms with Gasteiger partial charge in [-0.3, -0.25) is 9.69 Å². The number of aliphatic carboxylic acids is 1. The van der Waals surface area contributed by atoms with Crippen LogP contribution in [0.4, 0.5) is 0 Å². The molecule has 0 amide bonds. The first kappa shape index (κ1) is 9.93. The summed E-state index contributed by atoms with van der Waals surface area (Å²) in [6.45, 7) is 3.81. The molecule has 80 valence electrons. The quantitative estimate of drug-likeness (QED) is 0.683. The van der Waals surface area contributed by atoms with Gasteiger partial charge in [-0.2, -0.15) is 0 Å². The van der Waals surface area contributed by atoms with Crippen molar-refractivity contribution in [2.45, 2.75) is 18.9 Å². The Morgan fingerprint density at radius 2 is 2.07 bits per heavy atom. The molecule has 0 aromatic heterocycles. The van der Waals surface area contributed by atoms with Crippen LogP contribution in [-0.2, 0) is 4.79 Å². The smallest absolute Gasteiger partial charge is 0.309 e. The van der Waals surface area contributed by atoms with E-state index in [2.05, 4.69) is 16.8 Å². The maximum Gasteiger partial charge on any atom is 0.309 e. The van der Waals surface area contributed by atoms with E-state index in [0.29, 0.717) is 6.04 Å². The maximum atomic E-state index is 10.6. The first-order valence-electron chi connectivity index (χ1n) is 5.32. The largest absolute Gasteiger partial charge is 0.481 e. The van der Waals surface area contributed by atoms with Gasteiger partial charge >= 0.3 is 5.97 Å². The molecular formula is C10H18N2O2. The Balaban J connectivity index is 1.78. The van der Waals surface area contributed by atoms with Gasteiger partial charge in [0.1, 0.15) is 0 Å². The van der Waals surface area contributed by atoms with E-state index in [0.717, 1.165) is 19.6 Å². The Hall–Kier alpha value is -0.610. The molecule has 4 nitrogen and oxygen atoms in total. The second-order valence-corrected chi connectivity index (χ2v) is 4.55. The lowest BCUT2D eigenvalue weighted by Gasteiger charge is -2.45. The molecule has 2 fully saturated rings. The molecule has 0 spiro atoms. The zero-order chi connectivity index (χ0) is 10.1. The van der Waals surface area contributed by atoms with Crippen molar-refractivity contribution in [3.8, 4) is 0 Å². The van der Waals surface area contributed by atoms with Gasteiger partial charge in [-0.05, 0) is 26.4 Å². The molecule has 1 atom stereocenters. The van der Waals surface area contributed by atoms with Gasteiger partial charge < -0.3 is 10.0 Å². The minimum atomic E-state index is -0.634. The van der Waals surface area contributed by atoms with Crippen molar-refractivity contribution in [2.75, 3.05) is 33.2 Å². The van der Waals surface area contributed by atoms with Crippen LogP contribution in [0, 0.1) is 5.92 Å². The number of carboxylic acids is 1. The first-order chi connectivity index (χ1) is 6.66. The summed E-state index contributed by atoms with van der Waals surface area (Å²) in [5.74, 6) is -0.743. The average Bonchev–Trinajstić information content (AvgIpc) is 2.00. The molecule has 0 saturated carbocycles.